The van der Waals surface area contributed by atoms with Crippen molar-refractivity contribution >= 4 is 10.9 Å². The molecule has 0 saturated heterocycles. The minimum atomic E-state index is -2.49. The first-order valence-corrected chi connectivity index (χ1v) is 8.94. The number of nitrogens with zero attached hydrogens (tertiary/aromatic N) is 4. The molecule has 0 N–H and O–H groups in total. The topological polar surface area (TPSA) is 52.8 Å². The van der Waals surface area contributed by atoms with E-state index in [2.05, 4.69) is 15.1 Å². The maximum Gasteiger partial charge on any atom is 0.257 e. The van der Waals surface area contributed by atoms with Crippen LogP contribution < -0.4 is 4.74 Å². The van der Waals surface area contributed by atoms with E-state index < -0.39 is 13.0 Å². The zero-order valence-corrected chi connectivity index (χ0v) is 15.2. The highest BCUT2D eigenvalue weighted by atomic mass is 19.3. The fourth-order valence-electron chi connectivity index (χ4n) is 3.15. The van der Waals surface area contributed by atoms with Gasteiger partial charge in [-0.3, -0.25) is 4.68 Å². The van der Waals surface area contributed by atoms with Gasteiger partial charge in [0.1, 0.15) is 24.3 Å². The lowest BCUT2D eigenvalue weighted by atomic mass is 10.0. The molecule has 0 unspecified atom stereocenters. The summed E-state index contributed by atoms with van der Waals surface area (Å²) in [7, 11) is 0. The number of halogens is 2. The molecule has 0 spiro atoms. The number of ether oxygens (including phenoxy) is 1. The molecule has 0 aliphatic rings. The van der Waals surface area contributed by atoms with E-state index in [1.807, 2.05) is 55.5 Å². The van der Waals surface area contributed by atoms with Gasteiger partial charge in [-0.15, -0.1) is 0 Å². The fraction of sp³-hybridized carbons (Fsp3) is 0.190. The second kappa shape index (κ2) is 7.72. The van der Waals surface area contributed by atoms with E-state index in [0.29, 0.717) is 23.6 Å². The van der Waals surface area contributed by atoms with E-state index in [0.717, 1.165) is 22.2 Å². The quantitative estimate of drug-likeness (QED) is 0.481. The van der Waals surface area contributed by atoms with Gasteiger partial charge in [0.05, 0.1) is 17.8 Å². The number of benzene rings is 2. The van der Waals surface area contributed by atoms with Crippen molar-refractivity contribution in [3.63, 3.8) is 0 Å². The van der Waals surface area contributed by atoms with Gasteiger partial charge in [-0.05, 0) is 19.1 Å². The van der Waals surface area contributed by atoms with Crippen molar-refractivity contribution < 1.29 is 13.5 Å². The number of hydrogen-bond donors (Lipinski definition) is 0. The molecule has 0 amide bonds. The van der Waals surface area contributed by atoms with Crippen molar-refractivity contribution in [2.75, 3.05) is 6.61 Å². The Bertz CT molecular complexity index is 1100. The Morgan fingerprint density at radius 1 is 1.04 bits per heavy atom. The molecule has 2 aromatic heterocycles. The molecule has 0 atom stereocenters. The molecule has 5 nitrogen and oxygen atoms in total. The van der Waals surface area contributed by atoms with Gasteiger partial charge in [0.25, 0.3) is 6.43 Å². The maximum atomic E-state index is 12.9. The van der Waals surface area contributed by atoms with Crippen molar-refractivity contribution in [3.05, 3.63) is 61.1 Å². The monoisotopic (exact) mass is 380 g/mol. The van der Waals surface area contributed by atoms with Crippen LogP contribution in [0.25, 0.3) is 33.4 Å². The molecule has 28 heavy (non-hydrogen) atoms. The van der Waals surface area contributed by atoms with Crippen molar-refractivity contribution in [2.24, 2.45) is 0 Å². The average molecular weight is 380 g/mol. The largest absolute Gasteiger partial charge is 0.494 e. The van der Waals surface area contributed by atoms with Crippen molar-refractivity contribution in [1.82, 2.24) is 19.7 Å². The fourth-order valence-corrected chi connectivity index (χ4v) is 3.15. The van der Waals surface area contributed by atoms with Gasteiger partial charge in [-0.2, -0.15) is 5.10 Å². The smallest absolute Gasteiger partial charge is 0.257 e. The Morgan fingerprint density at radius 2 is 1.86 bits per heavy atom. The third-order valence-corrected chi connectivity index (χ3v) is 4.31. The molecular weight excluding hydrogens is 362 g/mol. The summed E-state index contributed by atoms with van der Waals surface area (Å²) < 4.78 is 32.7. The molecular formula is C21H18F2N4O. The van der Waals surface area contributed by atoms with Crippen molar-refractivity contribution in [3.8, 4) is 28.3 Å². The van der Waals surface area contributed by atoms with Crippen LogP contribution in [0.15, 0.2) is 61.1 Å². The van der Waals surface area contributed by atoms with Crippen LogP contribution in [-0.2, 0) is 6.54 Å². The summed E-state index contributed by atoms with van der Waals surface area (Å²) in [4.78, 5) is 8.77. The normalized spacial score (nSPS) is 11.3. The SMILES string of the molecule is CCOc1ccc2c(-c3cn(CC(F)F)nc3-c3ccccc3)ncnc2c1. The number of rotatable bonds is 6. The Morgan fingerprint density at radius 3 is 2.61 bits per heavy atom. The minimum absolute atomic E-state index is 0.475. The van der Waals surface area contributed by atoms with Gasteiger partial charge in [-0.25, -0.2) is 18.7 Å². The zero-order valence-electron chi connectivity index (χ0n) is 15.2. The van der Waals surface area contributed by atoms with Crippen LogP contribution in [-0.4, -0.2) is 32.8 Å². The molecule has 0 radical (unpaired) electrons. The van der Waals surface area contributed by atoms with Crippen LogP contribution in [0.5, 0.6) is 5.75 Å². The molecule has 142 valence electrons. The number of aromatic nitrogens is 4. The van der Waals surface area contributed by atoms with E-state index in [1.54, 1.807) is 6.20 Å². The van der Waals surface area contributed by atoms with Crippen LogP contribution in [0.4, 0.5) is 8.78 Å². The highest BCUT2D eigenvalue weighted by molar-refractivity contribution is 5.96. The van der Waals surface area contributed by atoms with Crippen LogP contribution in [0.1, 0.15) is 6.92 Å². The zero-order chi connectivity index (χ0) is 19.5. The van der Waals surface area contributed by atoms with Gasteiger partial charge in [0, 0.05) is 28.8 Å². The highest BCUT2D eigenvalue weighted by Gasteiger charge is 2.18. The lowest BCUT2D eigenvalue weighted by Crippen LogP contribution is -2.06. The summed E-state index contributed by atoms with van der Waals surface area (Å²) in [6.45, 7) is 2.00. The van der Waals surface area contributed by atoms with Crippen LogP contribution in [0.2, 0.25) is 0 Å². The van der Waals surface area contributed by atoms with Crippen LogP contribution >= 0.6 is 0 Å². The second-order valence-electron chi connectivity index (χ2n) is 6.20. The van der Waals surface area contributed by atoms with Gasteiger partial charge >= 0.3 is 0 Å². The number of alkyl halides is 2. The molecule has 7 heteroatoms. The number of hydrogen-bond acceptors (Lipinski definition) is 4. The van der Waals surface area contributed by atoms with Gasteiger partial charge < -0.3 is 4.74 Å². The average Bonchev–Trinajstić information content (AvgIpc) is 3.11. The maximum absolute atomic E-state index is 12.9. The van der Waals surface area contributed by atoms with Gasteiger partial charge in [0.15, 0.2) is 0 Å². The molecule has 0 fully saturated rings. The molecule has 4 rings (SSSR count). The summed E-state index contributed by atoms with van der Waals surface area (Å²) in [6.07, 6.45) is 0.589. The molecule has 0 saturated carbocycles. The lowest BCUT2D eigenvalue weighted by molar-refractivity contribution is 0.122. The summed E-state index contributed by atoms with van der Waals surface area (Å²) in [6, 6.07) is 15.0. The van der Waals surface area contributed by atoms with Gasteiger partial charge in [-0.1, -0.05) is 30.3 Å². The molecule has 2 aromatic carbocycles. The molecule has 0 aliphatic heterocycles. The minimum Gasteiger partial charge on any atom is -0.494 e. The predicted octanol–water partition coefficient (Wildman–Crippen LogP) is 4.82. The number of fused-ring (bicyclic) bond motifs is 1. The summed E-state index contributed by atoms with van der Waals surface area (Å²) in [5, 5.41) is 5.21. The van der Waals surface area contributed by atoms with Crippen molar-refractivity contribution in [2.45, 2.75) is 19.9 Å². The van der Waals surface area contributed by atoms with E-state index in [4.69, 9.17) is 4.74 Å². The molecule has 2 heterocycles. The van der Waals surface area contributed by atoms with Gasteiger partial charge in [0.2, 0.25) is 0 Å². The van der Waals surface area contributed by atoms with E-state index >= 15 is 0 Å². The van der Waals surface area contributed by atoms with Crippen LogP contribution in [0.3, 0.4) is 0 Å². The summed E-state index contributed by atoms with van der Waals surface area (Å²) in [5.41, 5.74) is 3.49. The third kappa shape index (κ3) is 3.55. The van der Waals surface area contributed by atoms with Crippen molar-refractivity contribution in [1.29, 1.82) is 0 Å². The predicted molar refractivity (Wildman–Crippen MR) is 103 cm³/mol. The Labute approximate surface area is 160 Å². The Kier molecular flexibility index (Phi) is 4.97. The first kappa shape index (κ1) is 18.0. The molecule has 4 aromatic rings. The molecule has 0 aliphatic carbocycles. The Balaban J connectivity index is 1.89. The first-order valence-electron chi connectivity index (χ1n) is 8.94. The highest BCUT2D eigenvalue weighted by Crippen LogP contribution is 2.34. The lowest BCUT2D eigenvalue weighted by Gasteiger charge is -2.08. The first-order chi connectivity index (χ1) is 13.7. The third-order valence-electron chi connectivity index (χ3n) is 4.31. The van der Waals surface area contributed by atoms with E-state index in [9.17, 15) is 8.78 Å². The van der Waals surface area contributed by atoms with E-state index in [-0.39, 0.29) is 0 Å². The summed E-state index contributed by atoms with van der Waals surface area (Å²) >= 11 is 0. The summed E-state index contributed by atoms with van der Waals surface area (Å²) in [5.74, 6) is 0.719. The standard InChI is InChI=1S/C21H18F2N4O/c1-2-28-15-8-9-16-18(10-15)24-13-25-21(16)17-11-27(12-19(22)23)26-20(17)14-6-4-3-5-7-14/h3-11,13,19H,2,12H2,1H3. The van der Waals surface area contributed by atoms with E-state index in [1.165, 1.54) is 11.0 Å². The second-order valence-corrected chi connectivity index (χ2v) is 6.20. The Hall–Kier alpha value is -3.35. The molecule has 0 bridgehead atoms. The van der Waals surface area contributed by atoms with Crippen LogP contribution in [0, 0.1) is 0 Å².